The molecule has 33 heavy (non-hydrogen) atoms. The molecule has 1 saturated heterocycles. The number of hydrogen-bond donors (Lipinski definition) is 0. The van der Waals surface area contributed by atoms with Crippen molar-refractivity contribution < 1.29 is 4.39 Å². The van der Waals surface area contributed by atoms with E-state index in [2.05, 4.69) is 52.3 Å². The fraction of sp³-hybridized carbons (Fsp3) is 0.259. The van der Waals surface area contributed by atoms with Gasteiger partial charge in [0, 0.05) is 50.0 Å². The molecule has 168 valence electrons. The van der Waals surface area contributed by atoms with Crippen LogP contribution in [0.1, 0.15) is 17.0 Å². The van der Waals surface area contributed by atoms with Crippen molar-refractivity contribution in [3.63, 3.8) is 0 Å². The third-order valence-electron chi connectivity index (χ3n) is 6.18. The summed E-state index contributed by atoms with van der Waals surface area (Å²) in [6.45, 7) is 8.81. The molecule has 0 amide bonds. The summed E-state index contributed by atoms with van der Waals surface area (Å²) >= 11 is 0. The lowest BCUT2D eigenvalue weighted by Crippen LogP contribution is -2.47. The Labute approximate surface area is 193 Å². The lowest BCUT2D eigenvalue weighted by molar-refractivity contribution is 0.283. The second-order valence-corrected chi connectivity index (χ2v) is 8.56. The smallest absolute Gasteiger partial charge is 0.165 e. The van der Waals surface area contributed by atoms with E-state index in [-0.39, 0.29) is 5.82 Å². The summed E-state index contributed by atoms with van der Waals surface area (Å²) in [7, 11) is 0. The maximum atomic E-state index is 13.5. The number of piperazine rings is 1. The summed E-state index contributed by atoms with van der Waals surface area (Å²) in [6.07, 6.45) is 4.43. The van der Waals surface area contributed by atoms with Crippen LogP contribution in [0.2, 0.25) is 0 Å². The summed E-state index contributed by atoms with van der Waals surface area (Å²) in [4.78, 5) is 9.66. The molecule has 1 fully saturated rings. The molecule has 2 aromatic carbocycles. The van der Waals surface area contributed by atoms with E-state index in [1.165, 1.54) is 17.7 Å². The molecule has 0 spiro atoms. The molecule has 4 aromatic rings. The summed E-state index contributed by atoms with van der Waals surface area (Å²) in [5.41, 5.74) is 5.80. The van der Waals surface area contributed by atoms with Crippen molar-refractivity contribution >= 4 is 17.5 Å². The third kappa shape index (κ3) is 4.52. The molecule has 0 aliphatic carbocycles. The van der Waals surface area contributed by atoms with Crippen LogP contribution in [-0.2, 0) is 0 Å². The summed E-state index contributed by atoms with van der Waals surface area (Å²) < 4.78 is 15.4. The second kappa shape index (κ2) is 9.16. The van der Waals surface area contributed by atoms with Gasteiger partial charge in [-0.3, -0.25) is 4.90 Å². The molecule has 0 N–H and O–H groups in total. The molecule has 0 bridgehead atoms. The fourth-order valence-corrected chi connectivity index (χ4v) is 4.47. The number of nitrogens with zero attached hydrogens (tertiary/aromatic N) is 5. The number of aryl methyl sites for hydroxylation is 2. The Kier molecular flexibility index (Phi) is 5.92. The van der Waals surface area contributed by atoms with Gasteiger partial charge in [-0.2, -0.15) is 9.61 Å². The Bertz CT molecular complexity index is 1270. The van der Waals surface area contributed by atoms with Gasteiger partial charge in [0.1, 0.15) is 11.6 Å². The van der Waals surface area contributed by atoms with Gasteiger partial charge in [-0.15, -0.1) is 0 Å². The zero-order valence-electron chi connectivity index (χ0n) is 19.1. The Hall–Kier alpha value is -3.51. The summed E-state index contributed by atoms with van der Waals surface area (Å²) in [6, 6.07) is 19.1. The molecule has 1 aliphatic rings. The zero-order chi connectivity index (χ0) is 22.8. The highest BCUT2D eigenvalue weighted by Gasteiger charge is 2.22. The van der Waals surface area contributed by atoms with Gasteiger partial charge in [0.05, 0.1) is 5.69 Å². The van der Waals surface area contributed by atoms with Gasteiger partial charge in [-0.05, 0) is 37.1 Å². The summed E-state index contributed by atoms with van der Waals surface area (Å²) in [5.74, 6) is 0.822. The highest BCUT2D eigenvalue weighted by molar-refractivity contribution is 5.81. The number of fused-ring (bicyclic) bond motifs is 1. The van der Waals surface area contributed by atoms with Crippen molar-refractivity contribution in [1.29, 1.82) is 0 Å². The largest absolute Gasteiger partial charge is 0.354 e. The van der Waals surface area contributed by atoms with Gasteiger partial charge in [-0.1, -0.05) is 54.6 Å². The van der Waals surface area contributed by atoms with Gasteiger partial charge >= 0.3 is 0 Å². The first-order valence-electron chi connectivity index (χ1n) is 11.4. The van der Waals surface area contributed by atoms with E-state index in [4.69, 9.17) is 10.1 Å². The molecule has 5 rings (SSSR count). The zero-order valence-corrected chi connectivity index (χ0v) is 19.1. The number of aromatic nitrogens is 3. The molecule has 5 nitrogen and oxygen atoms in total. The minimum absolute atomic E-state index is 0.241. The molecular weight excluding hydrogens is 413 g/mol. The first kappa shape index (κ1) is 21.3. The first-order valence-corrected chi connectivity index (χ1v) is 11.4. The molecule has 6 heteroatoms. The van der Waals surface area contributed by atoms with Crippen LogP contribution >= 0.6 is 0 Å². The van der Waals surface area contributed by atoms with Crippen molar-refractivity contribution in [2.75, 3.05) is 37.6 Å². The molecular formula is C27H28FN5. The lowest BCUT2D eigenvalue weighted by Gasteiger charge is -2.35. The monoisotopic (exact) mass is 441 g/mol. The molecule has 0 atom stereocenters. The van der Waals surface area contributed by atoms with Gasteiger partial charge in [0.25, 0.3) is 0 Å². The first-order chi connectivity index (χ1) is 16.1. The van der Waals surface area contributed by atoms with Gasteiger partial charge in [0.15, 0.2) is 5.65 Å². The predicted molar refractivity (Wildman–Crippen MR) is 132 cm³/mol. The second-order valence-electron chi connectivity index (χ2n) is 8.56. The number of benzene rings is 2. The van der Waals surface area contributed by atoms with Gasteiger partial charge < -0.3 is 4.90 Å². The van der Waals surface area contributed by atoms with Crippen LogP contribution in [0, 0.1) is 19.7 Å². The quantitative estimate of drug-likeness (QED) is 0.437. The van der Waals surface area contributed by atoms with Crippen molar-refractivity contribution in [3.05, 3.63) is 89.5 Å². The van der Waals surface area contributed by atoms with E-state index in [1.807, 2.05) is 24.4 Å². The van der Waals surface area contributed by atoms with Gasteiger partial charge in [0.2, 0.25) is 0 Å². The van der Waals surface area contributed by atoms with E-state index in [9.17, 15) is 4.39 Å². The van der Waals surface area contributed by atoms with E-state index in [0.29, 0.717) is 0 Å². The van der Waals surface area contributed by atoms with E-state index in [1.54, 1.807) is 12.1 Å². The minimum atomic E-state index is -0.241. The SMILES string of the molecule is Cc1cc(N2CCN(C/C=C\c3ccccc3)CC2)n2nc(C)c(-c3ccc(F)cc3)c2n1. The fourth-order valence-electron chi connectivity index (χ4n) is 4.47. The summed E-state index contributed by atoms with van der Waals surface area (Å²) in [5, 5.41) is 4.82. The van der Waals surface area contributed by atoms with Crippen LogP contribution in [0.25, 0.3) is 22.9 Å². The van der Waals surface area contributed by atoms with Crippen molar-refractivity contribution in [3.8, 4) is 11.1 Å². The Balaban J connectivity index is 1.35. The highest BCUT2D eigenvalue weighted by atomic mass is 19.1. The van der Waals surface area contributed by atoms with Crippen LogP contribution < -0.4 is 4.90 Å². The Morgan fingerprint density at radius 1 is 0.939 bits per heavy atom. The van der Waals surface area contributed by atoms with Crippen LogP contribution in [-0.4, -0.2) is 52.2 Å². The maximum Gasteiger partial charge on any atom is 0.165 e. The minimum Gasteiger partial charge on any atom is -0.354 e. The molecule has 0 radical (unpaired) electrons. The third-order valence-corrected chi connectivity index (χ3v) is 6.18. The van der Waals surface area contributed by atoms with E-state index >= 15 is 0 Å². The number of halogens is 1. The number of hydrogen-bond acceptors (Lipinski definition) is 4. The number of anilines is 1. The Morgan fingerprint density at radius 2 is 1.67 bits per heavy atom. The Morgan fingerprint density at radius 3 is 2.39 bits per heavy atom. The average molecular weight is 442 g/mol. The molecule has 0 saturated carbocycles. The lowest BCUT2D eigenvalue weighted by atomic mass is 10.1. The normalized spacial score (nSPS) is 15.1. The molecule has 1 aliphatic heterocycles. The standard InChI is InChI=1S/C27H28FN5/c1-20-19-25(32-17-15-31(16-18-32)14-6-9-22-7-4-3-5-8-22)33-27(29-20)26(21(2)30-33)23-10-12-24(28)13-11-23/h3-13,19H,14-18H2,1-2H3/b9-6-. The molecule has 3 heterocycles. The van der Waals surface area contributed by atoms with Crippen molar-refractivity contribution in [1.82, 2.24) is 19.5 Å². The van der Waals surface area contributed by atoms with Gasteiger partial charge in [-0.25, -0.2) is 9.37 Å². The van der Waals surface area contributed by atoms with E-state index in [0.717, 1.165) is 66.7 Å². The topological polar surface area (TPSA) is 36.7 Å². The predicted octanol–water partition coefficient (Wildman–Crippen LogP) is 4.99. The van der Waals surface area contributed by atoms with Crippen LogP contribution in [0.3, 0.4) is 0 Å². The number of rotatable bonds is 5. The molecule has 0 unspecified atom stereocenters. The highest BCUT2D eigenvalue weighted by Crippen LogP contribution is 2.30. The van der Waals surface area contributed by atoms with Crippen LogP contribution in [0.4, 0.5) is 10.2 Å². The van der Waals surface area contributed by atoms with Crippen molar-refractivity contribution in [2.24, 2.45) is 0 Å². The van der Waals surface area contributed by atoms with Crippen LogP contribution in [0.15, 0.2) is 66.7 Å². The maximum absolute atomic E-state index is 13.5. The van der Waals surface area contributed by atoms with E-state index < -0.39 is 0 Å². The van der Waals surface area contributed by atoms with Crippen LogP contribution in [0.5, 0.6) is 0 Å². The van der Waals surface area contributed by atoms with Crippen molar-refractivity contribution in [2.45, 2.75) is 13.8 Å². The molecule has 2 aromatic heterocycles. The average Bonchev–Trinajstić information content (AvgIpc) is 3.16.